The van der Waals surface area contributed by atoms with Crippen LogP contribution in [0.1, 0.15) is 17.1 Å². The van der Waals surface area contributed by atoms with Crippen LogP contribution in [0, 0.1) is 18.4 Å². The third kappa shape index (κ3) is 2.90. The van der Waals surface area contributed by atoms with Gasteiger partial charge in [0.1, 0.15) is 20.2 Å². The van der Waals surface area contributed by atoms with Crippen molar-refractivity contribution in [2.75, 3.05) is 0 Å². The normalized spacial score (nSPS) is 12.5. The van der Waals surface area contributed by atoms with Crippen molar-refractivity contribution >= 4 is 19.7 Å². The summed E-state index contributed by atoms with van der Waals surface area (Å²) in [5, 5.41) is 5.02. The molecule has 0 aliphatic carbocycles. The Kier molecular flexibility index (Phi) is 3.60. The highest BCUT2D eigenvalue weighted by Gasteiger charge is 2.24. The summed E-state index contributed by atoms with van der Waals surface area (Å²) in [4.78, 5) is 8.88. The van der Waals surface area contributed by atoms with Crippen molar-refractivity contribution in [3.8, 4) is 28.5 Å². The van der Waals surface area contributed by atoms with E-state index in [1.165, 1.54) is 0 Å². The largest absolute Gasteiger partial charge is 0.299 e. The second kappa shape index (κ2) is 5.58. The standard InChI is InChI=1S/C18H18ClN5Si/c1-12-21-18-14-9-13(7-8-25(2,3)4)5-6-15(14)23-11-20-17(19)16(23)10-24(18)22-12/h5-6,9,11H,10H2,1-4H3. The van der Waals surface area contributed by atoms with Gasteiger partial charge in [-0.2, -0.15) is 5.10 Å². The number of aryl methyl sites for hydroxylation is 1. The van der Waals surface area contributed by atoms with E-state index in [9.17, 15) is 0 Å². The minimum Gasteiger partial charge on any atom is -0.299 e. The lowest BCUT2D eigenvalue weighted by atomic mass is 10.1. The van der Waals surface area contributed by atoms with E-state index in [1.807, 2.05) is 22.2 Å². The van der Waals surface area contributed by atoms with Gasteiger partial charge >= 0.3 is 0 Å². The molecule has 5 nitrogen and oxygen atoms in total. The van der Waals surface area contributed by atoms with E-state index in [4.69, 9.17) is 11.6 Å². The van der Waals surface area contributed by atoms with Crippen molar-refractivity contribution in [2.45, 2.75) is 33.1 Å². The third-order valence-electron chi connectivity index (χ3n) is 3.97. The fraction of sp³-hybridized carbons (Fsp3) is 0.278. The summed E-state index contributed by atoms with van der Waals surface area (Å²) in [7, 11) is -1.43. The minimum atomic E-state index is -1.43. The van der Waals surface area contributed by atoms with E-state index < -0.39 is 8.07 Å². The molecule has 126 valence electrons. The summed E-state index contributed by atoms with van der Waals surface area (Å²) in [6, 6.07) is 6.19. The molecule has 0 bridgehead atoms. The number of halogens is 1. The number of hydrogen-bond donors (Lipinski definition) is 0. The molecule has 0 fully saturated rings. The van der Waals surface area contributed by atoms with Crippen molar-refractivity contribution in [3.63, 3.8) is 0 Å². The molecule has 0 saturated heterocycles. The van der Waals surface area contributed by atoms with Gasteiger partial charge in [-0.15, -0.1) is 5.54 Å². The first-order valence-corrected chi connectivity index (χ1v) is 12.0. The lowest BCUT2D eigenvalue weighted by Gasteiger charge is -2.09. The molecule has 1 aliphatic rings. The number of imidazole rings is 1. The Morgan fingerprint density at radius 2 is 2.04 bits per heavy atom. The van der Waals surface area contributed by atoms with Gasteiger partial charge in [0, 0.05) is 11.1 Å². The quantitative estimate of drug-likeness (QED) is 0.352. The van der Waals surface area contributed by atoms with Crippen LogP contribution in [0.25, 0.3) is 17.1 Å². The SMILES string of the molecule is Cc1nc2n(n1)Cc1c(Cl)ncn1-c1ccc(C#C[Si](C)(C)C)cc1-2. The van der Waals surface area contributed by atoms with Crippen LogP contribution in [0.5, 0.6) is 0 Å². The van der Waals surface area contributed by atoms with E-state index >= 15 is 0 Å². The first-order valence-electron chi connectivity index (χ1n) is 8.13. The summed E-state index contributed by atoms with van der Waals surface area (Å²) >= 11 is 6.29. The Bertz CT molecular complexity index is 1050. The van der Waals surface area contributed by atoms with Gasteiger partial charge in [0.2, 0.25) is 0 Å². The van der Waals surface area contributed by atoms with Crippen LogP contribution < -0.4 is 0 Å². The molecule has 3 aromatic rings. The van der Waals surface area contributed by atoms with Gasteiger partial charge in [-0.1, -0.05) is 37.2 Å². The fourth-order valence-electron chi connectivity index (χ4n) is 2.87. The third-order valence-corrected chi connectivity index (χ3v) is 5.16. The van der Waals surface area contributed by atoms with Gasteiger partial charge < -0.3 is 0 Å². The van der Waals surface area contributed by atoms with Crippen molar-refractivity contribution < 1.29 is 0 Å². The Morgan fingerprint density at radius 3 is 2.80 bits per heavy atom. The first kappa shape index (κ1) is 16.1. The van der Waals surface area contributed by atoms with Crippen LogP contribution in [0.4, 0.5) is 0 Å². The maximum Gasteiger partial charge on any atom is 0.160 e. The smallest absolute Gasteiger partial charge is 0.160 e. The molecule has 0 N–H and O–H groups in total. The predicted molar refractivity (Wildman–Crippen MR) is 102 cm³/mol. The Balaban J connectivity index is 1.96. The molecule has 4 rings (SSSR count). The van der Waals surface area contributed by atoms with Gasteiger partial charge in [0.05, 0.1) is 17.9 Å². The monoisotopic (exact) mass is 367 g/mol. The Morgan fingerprint density at radius 1 is 1.24 bits per heavy atom. The molecule has 25 heavy (non-hydrogen) atoms. The van der Waals surface area contributed by atoms with E-state index in [-0.39, 0.29) is 0 Å². The molecule has 1 aliphatic heterocycles. The number of fused-ring (bicyclic) bond motifs is 5. The van der Waals surface area contributed by atoms with Gasteiger partial charge in [0.15, 0.2) is 11.0 Å². The maximum atomic E-state index is 6.29. The summed E-state index contributed by atoms with van der Waals surface area (Å²) in [5.41, 5.74) is 7.31. The van der Waals surface area contributed by atoms with E-state index in [0.29, 0.717) is 11.7 Å². The zero-order valence-electron chi connectivity index (χ0n) is 14.6. The van der Waals surface area contributed by atoms with Gasteiger partial charge in [-0.25, -0.2) is 14.6 Å². The lowest BCUT2D eigenvalue weighted by molar-refractivity contribution is 0.671. The summed E-state index contributed by atoms with van der Waals surface area (Å²) < 4.78 is 3.90. The highest BCUT2D eigenvalue weighted by atomic mass is 35.5. The van der Waals surface area contributed by atoms with Gasteiger partial charge in [-0.05, 0) is 25.1 Å². The van der Waals surface area contributed by atoms with E-state index in [2.05, 4.69) is 58.3 Å². The molecule has 7 heteroatoms. The van der Waals surface area contributed by atoms with Crippen LogP contribution in [0.2, 0.25) is 24.8 Å². The Hall–Kier alpha value is -2.36. The molecular weight excluding hydrogens is 350 g/mol. The van der Waals surface area contributed by atoms with Gasteiger partial charge in [-0.3, -0.25) is 4.57 Å². The molecular formula is C18H18ClN5Si. The number of aromatic nitrogens is 5. The van der Waals surface area contributed by atoms with Crippen LogP contribution in [0.15, 0.2) is 24.5 Å². The van der Waals surface area contributed by atoms with Gasteiger partial charge in [0.25, 0.3) is 0 Å². The fourth-order valence-corrected chi connectivity index (χ4v) is 3.58. The number of hydrogen-bond acceptors (Lipinski definition) is 3. The number of rotatable bonds is 0. The molecule has 1 aromatic carbocycles. The molecule has 0 radical (unpaired) electrons. The molecule has 0 atom stereocenters. The zero-order valence-corrected chi connectivity index (χ0v) is 16.4. The molecule has 0 saturated carbocycles. The minimum absolute atomic E-state index is 0.495. The zero-order chi connectivity index (χ0) is 17.8. The van der Waals surface area contributed by atoms with E-state index in [1.54, 1.807) is 6.33 Å². The highest BCUT2D eigenvalue weighted by molar-refractivity contribution is 6.83. The predicted octanol–water partition coefficient (Wildman–Crippen LogP) is 3.68. The molecule has 0 unspecified atom stereocenters. The number of benzene rings is 1. The van der Waals surface area contributed by atoms with Crippen molar-refractivity contribution in [2.24, 2.45) is 0 Å². The average Bonchev–Trinajstić information content (AvgIpc) is 3.05. The second-order valence-electron chi connectivity index (χ2n) is 7.22. The van der Waals surface area contributed by atoms with Crippen LogP contribution in [0.3, 0.4) is 0 Å². The van der Waals surface area contributed by atoms with Crippen molar-refractivity contribution in [1.82, 2.24) is 24.3 Å². The lowest BCUT2D eigenvalue weighted by Crippen LogP contribution is -2.16. The number of nitrogens with zero attached hydrogens (tertiary/aromatic N) is 5. The van der Waals surface area contributed by atoms with E-state index in [0.717, 1.165) is 34.2 Å². The summed E-state index contributed by atoms with van der Waals surface area (Å²) in [6.07, 6.45) is 1.75. The summed E-state index contributed by atoms with van der Waals surface area (Å²) in [6.45, 7) is 9.16. The summed E-state index contributed by atoms with van der Waals surface area (Å²) in [5.74, 6) is 4.90. The van der Waals surface area contributed by atoms with Crippen LogP contribution in [-0.4, -0.2) is 32.4 Å². The Labute approximate surface area is 152 Å². The van der Waals surface area contributed by atoms with Crippen molar-refractivity contribution in [3.05, 3.63) is 46.8 Å². The van der Waals surface area contributed by atoms with Crippen molar-refractivity contribution in [1.29, 1.82) is 0 Å². The molecule has 0 spiro atoms. The van der Waals surface area contributed by atoms with Crippen LogP contribution >= 0.6 is 11.6 Å². The molecule has 0 amide bonds. The maximum absolute atomic E-state index is 6.29. The average molecular weight is 368 g/mol. The topological polar surface area (TPSA) is 48.5 Å². The second-order valence-corrected chi connectivity index (χ2v) is 12.3. The first-order chi connectivity index (χ1) is 11.8. The molecule has 3 heterocycles. The molecule has 2 aromatic heterocycles. The van der Waals surface area contributed by atoms with Crippen LogP contribution in [-0.2, 0) is 6.54 Å². The highest BCUT2D eigenvalue weighted by Crippen LogP contribution is 2.33.